The van der Waals surface area contributed by atoms with Gasteiger partial charge in [0.15, 0.2) is 0 Å². The molecule has 57 valence electrons. The Labute approximate surface area is 63.1 Å². The van der Waals surface area contributed by atoms with Crippen LogP contribution in [0.3, 0.4) is 0 Å². The Bertz CT molecular complexity index is 132. The number of allylic oxidation sites excluding steroid dienone is 3. The van der Waals surface area contributed by atoms with Crippen molar-refractivity contribution in [3.05, 3.63) is 23.8 Å². The van der Waals surface area contributed by atoms with Crippen LogP contribution in [-0.4, -0.2) is 6.61 Å². The van der Waals surface area contributed by atoms with Crippen LogP contribution in [0, 0.1) is 5.92 Å². The van der Waals surface area contributed by atoms with Crippen molar-refractivity contribution in [2.45, 2.75) is 20.8 Å². The smallest absolute Gasteiger partial charge is 0.103 e. The molecule has 1 radical (unpaired) electrons. The molecule has 0 atom stereocenters. The molecule has 0 bridgehead atoms. The average Bonchev–Trinajstić information content (AvgIpc) is 1.87. The Morgan fingerprint density at radius 3 is 2.50 bits per heavy atom. The highest BCUT2D eigenvalue weighted by atomic mass is 16.3. The zero-order valence-corrected chi connectivity index (χ0v) is 6.92. The fourth-order valence-corrected chi connectivity index (χ4v) is 0.490. The van der Waals surface area contributed by atoms with Gasteiger partial charge in [-0.2, -0.15) is 0 Å². The van der Waals surface area contributed by atoms with E-state index in [4.69, 9.17) is 0 Å². The maximum absolute atomic E-state index is 10.2. The van der Waals surface area contributed by atoms with E-state index in [0.29, 0.717) is 5.92 Å². The van der Waals surface area contributed by atoms with Crippen LogP contribution in [0.4, 0.5) is 0 Å². The first kappa shape index (κ1) is 9.44. The molecule has 0 aliphatic rings. The van der Waals surface area contributed by atoms with E-state index in [1.54, 1.807) is 0 Å². The lowest BCUT2D eigenvalue weighted by Gasteiger charge is -1.91. The van der Waals surface area contributed by atoms with Crippen molar-refractivity contribution < 1.29 is 5.11 Å². The Balaban J connectivity index is 3.70. The predicted octanol–water partition coefficient (Wildman–Crippen LogP) is 2.58. The molecule has 0 saturated heterocycles. The molecule has 1 nitrogen and oxygen atoms in total. The van der Waals surface area contributed by atoms with Crippen LogP contribution in [0.1, 0.15) is 20.8 Å². The van der Waals surface area contributed by atoms with Crippen LogP contribution in [0.25, 0.3) is 0 Å². The molecule has 0 aromatic rings. The molecular weight excluding hydrogens is 124 g/mol. The van der Waals surface area contributed by atoms with E-state index in [1.165, 1.54) is 0 Å². The molecular formula is C9H15O. The third-order valence-corrected chi connectivity index (χ3v) is 1.10. The molecule has 0 aliphatic heterocycles. The van der Waals surface area contributed by atoms with Crippen LogP contribution < -0.4 is 0 Å². The summed E-state index contributed by atoms with van der Waals surface area (Å²) in [4.78, 5) is 0. The monoisotopic (exact) mass is 139 g/mol. The summed E-state index contributed by atoms with van der Waals surface area (Å²) in [6.07, 6.45) is 5.88. The van der Waals surface area contributed by atoms with Gasteiger partial charge in [-0.15, -0.1) is 0 Å². The number of rotatable bonds is 3. The Morgan fingerprint density at radius 1 is 1.50 bits per heavy atom. The molecule has 1 heteroatoms. The second-order valence-corrected chi connectivity index (χ2v) is 2.79. The van der Waals surface area contributed by atoms with Gasteiger partial charge in [0.2, 0.25) is 0 Å². The Kier molecular flexibility index (Phi) is 4.95. The normalized spacial score (nSPS) is 13.5. The van der Waals surface area contributed by atoms with Crippen LogP contribution in [0.15, 0.2) is 23.8 Å². The van der Waals surface area contributed by atoms with E-state index in [2.05, 4.69) is 19.9 Å². The molecule has 0 aliphatic carbocycles. The summed E-state index contributed by atoms with van der Waals surface area (Å²) in [6.45, 7) is 5.97. The summed E-state index contributed by atoms with van der Waals surface area (Å²) in [5.74, 6) is 0.565. The molecule has 0 fully saturated rings. The summed E-state index contributed by atoms with van der Waals surface area (Å²) < 4.78 is 0. The lowest BCUT2D eigenvalue weighted by Crippen LogP contribution is -1.80. The van der Waals surface area contributed by atoms with E-state index in [0.717, 1.165) is 5.57 Å². The number of hydrogen-bond acceptors (Lipinski definition) is 0. The summed E-state index contributed by atoms with van der Waals surface area (Å²) >= 11 is 0. The van der Waals surface area contributed by atoms with Gasteiger partial charge in [0.1, 0.15) is 6.61 Å². The Morgan fingerprint density at radius 2 is 2.10 bits per heavy atom. The van der Waals surface area contributed by atoms with Crippen molar-refractivity contribution in [1.82, 2.24) is 0 Å². The number of hydrogen-bond donors (Lipinski definition) is 0. The first-order valence-electron chi connectivity index (χ1n) is 3.59. The fourth-order valence-electron chi connectivity index (χ4n) is 0.490. The first-order valence-corrected chi connectivity index (χ1v) is 3.59. The van der Waals surface area contributed by atoms with Crippen molar-refractivity contribution >= 4 is 0 Å². The molecule has 0 heterocycles. The van der Waals surface area contributed by atoms with Crippen molar-refractivity contribution in [3.63, 3.8) is 0 Å². The highest BCUT2D eigenvalue weighted by molar-refractivity contribution is 5.10. The summed E-state index contributed by atoms with van der Waals surface area (Å²) in [7, 11) is 0. The highest BCUT2D eigenvalue weighted by Gasteiger charge is 1.83. The predicted molar refractivity (Wildman–Crippen MR) is 43.3 cm³/mol. The van der Waals surface area contributed by atoms with E-state index >= 15 is 0 Å². The van der Waals surface area contributed by atoms with Crippen molar-refractivity contribution in [1.29, 1.82) is 0 Å². The van der Waals surface area contributed by atoms with E-state index in [-0.39, 0.29) is 6.61 Å². The molecule has 0 amide bonds. The van der Waals surface area contributed by atoms with Crippen molar-refractivity contribution in [2.75, 3.05) is 6.61 Å². The van der Waals surface area contributed by atoms with E-state index in [1.807, 2.05) is 19.1 Å². The quantitative estimate of drug-likeness (QED) is 0.535. The topological polar surface area (TPSA) is 19.9 Å². The molecule has 0 unspecified atom stereocenters. The van der Waals surface area contributed by atoms with Gasteiger partial charge in [0, 0.05) is 0 Å². The molecule has 0 aromatic heterocycles. The van der Waals surface area contributed by atoms with Gasteiger partial charge >= 0.3 is 0 Å². The SMILES string of the molecule is C/C(=C\C=C\C(C)C)C[O]. The molecule has 10 heavy (non-hydrogen) atoms. The molecule has 0 spiro atoms. The molecule has 0 saturated carbocycles. The maximum Gasteiger partial charge on any atom is 0.103 e. The van der Waals surface area contributed by atoms with Gasteiger partial charge < -0.3 is 0 Å². The minimum Gasteiger partial charge on any atom is -0.232 e. The summed E-state index contributed by atoms with van der Waals surface area (Å²) in [5, 5.41) is 10.2. The van der Waals surface area contributed by atoms with Crippen LogP contribution >= 0.6 is 0 Å². The van der Waals surface area contributed by atoms with Gasteiger partial charge in [-0.25, -0.2) is 5.11 Å². The molecule has 0 N–H and O–H groups in total. The fraction of sp³-hybridized carbons (Fsp3) is 0.556. The van der Waals surface area contributed by atoms with Gasteiger partial charge in [0.05, 0.1) is 0 Å². The van der Waals surface area contributed by atoms with Gasteiger partial charge in [-0.3, -0.25) is 0 Å². The summed E-state index contributed by atoms with van der Waals surface area (Å²) in [5.41, 5.74) is 0.886. The third-order valence-electron chi connectivity index (χ3n) is 1.10. The largest absolute Gasteiger partial charge is 0.232 e. The van der Waals surface area contributed by atoms with Crippen molar-refractivity contribution in [2.24, 2.45) is 5.92 Å². The maximum atomic E-state index is 10.2. The first-order chi connectivity index (χ1) is 4.66. The third kappa shape index (κ3) is 5.57. The minimum atomic E-state index is -0.0948. The van der Waals surface area contributed by atoms with Crippen LogP contribution in [0.2, 0.25) is 0 Å². The second-order valence-electron chi connectivity index (χ2n) is 2.79. The average molecular weight is 139 g/mol. The lowest BCUT2D eigenvalue weighted by atomic mass is 10.2. The van der Waals surface area contributed by atoms with Crippen molar-refractivity contribution in [3.8, 4) is 0 Å². The zero-order valence-electron chi connectivity index (χ0n) is 6.92. The standard InChI is InChI=1S/C9H15O/c1-8(2)5-4-6-9(3)7-10/h4-6,8H,7H2,1-3H3/b5-4+,9-6+. The van der Waals surface area contributed by atoms with E-state index < -0.39 is 0 Å². The zero-order chi connectivity index (χ0) is 7.98. The minimum absolute atomic E-state index is 0.0948. The summed E-state index contributed by atoms with van der Waals surface area (Å²) in [6, 6.07) is 0. The van der Waals surface area contributed by atoms with E-state index in [9.17, 15) is 5.11 Å². The highest BCUT2D eigenvalue weighted by Crippen LogP contribution is 1.96. The molecule has 0 rings (SSSR count). The van der Waals surface area contributed by atoms with Crippen LogP contribution in [0.5, 0.6) is 0 Å². The van der Waals surface area contributed by atoms with Gasteiger partial charge in [0.25, 0.3) is 0 Å². The second kappa shape index (κ2) is 5.24. The van der Waals surface area contributed by atoms with Gasteiger partial charge in [-0.1, -0.05) is 32.1 Å². The lowest BCUT2D eigenvalue weighted by molar-refractivity contribution is 0.223. The Hall–Kier alpha value is -0.560. The van der Waals surface area contributed by atoms with Crippen LogP contribution in [-0.2, 0) is 5.11 Å². The molecule has 0 aromatic carbocycles. The van der Waals surface area contributed by atoms with Gasteiger partial charge in [-0.05, 0) is 18.4 Å².